The molecule has 2 atom stereocenters. The van der Waals surface area contributed by atoms with Crippen LogP contribution in [0.2, 0.25) is 0 Å². The van der Waals surface area contributed by atoms with Gasteiger partial charge in [0.05, 0.1) is 0 Å². The van der Waals surface area contributed by atoms with Crippen molar-refractivity contribution in [2.45, 2.75) is 44.6 Å². The highest BCUT2D eigenvalue weighted by molar-refractivity contribution is 5.87. The normalized spacial score (nSPS) is 25.4. The lowest BCUT2D eigenvalue weighted by atomic mass is 10.0. The van der Waals surface area contributed by atoms with Gasteiger partial charge in [-0.25, -0.2) is 0 Å². The van der Waals surface area contributed by atoms with Crippen LogP contribution in [-0.2, 0) is 9.59 Å². The Bertz CT molecular complexity index is 283. The first-order valence-electron chi connectivity index (χ1n) is 5.70. The second kappa shape index (κ2) is 6.43. The van der Waals surface area contributed by atoms with Crippen molar-refractivity contribution in [3.05, 3.63) is 12.2 Å². The number of aliphatic carboxylic acids is 1. The van der Waals surface area contributed by atoms with E-state index in [9.17, 15) is 14.7 Å². The largest absolute Gasteiger partial charge is 0.481 e. The summed E-state index contributed by atoms with van der Waals surface area (Å²) in [5.41, 5.74) is 0. The molecule has 0 heterocycles. The molecule has 0 amide bonds. The molecule has 90 valence electrons. The van der Waals surface area contributed by atoms with Crippen molar-refractivity contribution in [3.8, 4) is 0 Å². The maximum absolute atomic E-state index is 11.4. The molecule has 0 saturated heterocycles. The van der Waals surface area contributed by atoms with Gasteiger partial charge in [-0.1, -0.05) is 12.2 Å². The Kier molecular flexibility index (Phi) is 5.19. The molecule has 4 heteroatoms. The van der Waals surface area contributed by atoms with Gasteiger partial charge in [0.2, 0.25) is 0 Å². The van der Waals surface area contributed by atoms with Gasteiger partial charge in [-0.05, 0) is 32.1 Å². The third-order valence-corrected chi connectivity index (χ3v) is 2.87. The lowest BCUT2D eigenvalue weighted by Gasteiger charge is -2.03. The molecule has 1 rings (SSSR count). The zero-order valence-corrected chi connectivity index (χ0v) is 9.26. The van der Waals surface area contributed by atoms with Gasteiger partial charge in [0.15, 0.2) is 5.78 Å². The fourth-order valence-corrected chi connectivity index (χ4v) is 1.90. The Morgan fingerprint density at radius 3 is 2.69 bits per heavy atom. The Labute approximate surface area is 95.0 Å². The number of aliphatic hydroxyl groups is 1. The molecule has 1 saturated carbocycles. The molecule has 1 aliphatic rings. The van der Waals surface area contributed by atoms with Crippen molar-refractivity contribution in [3.63, 3.8) is 0 Å². The quantitative estimate of drug-likeness (QED) is 0.532. The highest BCUT2D eigenvalue weighted by atomic mass is 16.4. The zero-order chi connectivity index (χ0) is 12.0. The minimum Gasteiger partial charge on any atom is -0.481 e. The minimum absolute atomic E-state index is 0.0364. The molecule has 16 heavy (non-hydrogen) atoms. The van der Waals surface area contributed by atoms with Gasteiger partial charge < -0.3 is 10.2 Å². The number of carboxylic acids is 1. The lowest BCUT2D eigenvalue weighted by molar-refractivity contribution is -0.137. The summed E-state index contributed by atoms with van der Waals surface area (Å²) in [7, 11) is 0. The molecule has 1 fully saturated rings. The maximum Gasteiger partial charge on any atom is 0.303 e. The molecule has 0 aliphatic heterocycles. The zero-order valence-electron chi connectivity index (χ0n) is 9.26. The number of allylic oxidation sites excluding steroid dienone is 2. The molecule has 0 spiro atoms. The summed E-state index contributed by atoms with van der Waals surface area (Å²) < 4.78 is 0. The van der Waals surface area contributed by atoms with Crippen LogP contribution in [0.5, 0.6) is 0 Å². The predicted molar refractivity (Wildman–Crippen MR) is 59.0 cm³/mol. The van der Waals surface area contributed by atoms with E-state index in [1.165, 1.54) is 0 Å². The van der Waals surface area contributed by atoms with Crippen LogP contribution in [0.1, 0.15) is 38.5 Å². The molecule has 4 nitrogen and oxygen atoms in total. The number of carbonyl (C=O) groups excluding carboxylic acids is 1. The number of rotatable bonds is 6. The molecule has 0 bridgehead atoms. The smallest absolute Gasteiger partial charge is 0.303 e. The Hall–Kier alpha value is -1.16. The highest BCUT2D eigenvalue weighted by Crippen LogP contribution is 2.25. The summed E-state index contributed by atoms with van der Waals surface area (Å²) in [4.78, 5) is 21.6. The summed E-state index contributed by atoms with van der Waals surface area (Å²) in [5, 5.41) is 17.6. The van der Waals surface area contributed by atoms with Gasteiger partial charge in [0.25, 0.3) is 0 Å². The second-order valence-electron chi connectivity index (χ2n) is 4.19. The molecule has 1 unspecified atom stereocenters. The van der Waals surface area contributed by atoms with Gasteiger partial charge in [-0.3, -0.25) is 9.59 Å². The Morgan fingerprint density at radius 1 is 1.38 bits per heavy atom. The third kappa shape index (κ3) is 4.14. The van der Waals surface area contributed by atoms with Gasteiger partial charge >= 0.3 is 5.97 Å². The van der Waals surface area contributed by atoms with E-state index in [1.807, 2.05) is 12.2 Å². The molecule has 0 radical (unpaired) electrons. The monoisotopic (exact) mass is 226 g/mol. The molecular formula is C12H18O4. The number of hydrogen-bond donors (Lipinski definition) is 2. The van der Waals surface area contributed by atoms with Crippen LogP contribution >= 0.6 is 0 Å². The van der Waals surface area contributed by atoms with Crippen molar-refractivity contribution in [1.82, 2.24) is 0 Å². The molecule has 1 aliphatic carbocycles. The second-order valence-corrected chi connectivity index (χ2v) is 4.19. The summed E-state index contributed by atoms with van der Waals surface area (Å²) in [6.07, 6.45) is 6.64. The summed E-state index contributed by atoms with van der Waals surface area (Å²) in [6, 6.07) is 0. The fraction of sp³-hybridized carbons (Fsp3) is 0.667. The van der Waals surface area contributed by atoms with Crippen LogP contribution in [0, 0.1) is 5.92 Å². The van der Waals surface area contributed by atoms with E-state index in [-0.39, 0.29) is 18.1 Å². The van der Waals surface area contributed by atoms with Gasteiger partial charge in [-0.2, -0.15) is 0 Å². The Morgan fingerprint density at radius 2 is 2.12 bits per heavy atom. The predicted octanol–water partition coefficient (Wildman–Crippen LogP) is 1.53. The first-order valence-corrected chi connectivity index (χ1v) is 5.70. The van der Waals surface area contributed by atoms with Crippen molar-refractivity contribution in [1.29, 1.82) is 0 Å². The highest BCUT2D eigenvalue weighted by Gasteiger charge is 2.31. The first-order chi connectivity index (χ1) is 7.61. The van der Waals surface area contributed by atoms with E-state index in [0.717, 1.165) is 12.8 Å². The maximum atomic E-state index is 11.4. The first kappa shape index (κ1) is 12.9. The third-order valence-electron chi connectivity index (χ3n) is 2.87. The molecule has 0 aromatic rings. The van der Waals surface area contributed by atoms with Crippen LogP contribution in [0.4, 0.5) is 0 Å². The Balaban J connectivity index is 2.12. The average Bonchev–Trinajstić information content (AvgIpc) is 2.54. The summed E-state index contributed by atoms with van der Waals surface area (Å²) >= 11 is 0. The molecule has 0 aromatic carbocycles. The van der Waals surface area contributed by atoms with E-state index in [1.54, 1.807) is 0 Å². The van der Waals surface area contributed by atoms with Crippen LogP contribution in [-0.4, -0.2) is 28.1 Å². The summed E-state index contributed by atoms with van der Waals surface area (Å²) in [5.74, 6) is -0.858. The van der Waals surface area contributed by atoms with E-state index < -0.39 is 12.1 Å². The summed E-state index contributed by atoms with van der Waals surface area (Å²) in [6.45, 7) is 0. The number of aliphatic hydroxyl groups excluding tert-OH is 1. The number of unbranched alkanes of at least 4 members (excludes halogenated alkanes) is 1. The topological polar surface area (TPSA) is 74.6 Å². The lowest BCUT2D eigenvalue weighted by Crippen LogP contribution is -2.17. The van der Waals surface area contributed by atoms with Gasteiger partial charge in [0, 0.05) is 12.3 Å². The number of ketones is 1. The molecule has 2 N–H and O–H groups in total. The van der Waals surface area contributed by atoms with Gasteiger partial charge in [0.1, 0.15) is 6.10 Å². The SMILES string of the molecule is O=C(O)CCC/C=C\C[C@@H]1CCC(O)C1=O. The van der Waals surface area contributed by atoms with E-state index in [4.69, 9.17) is 5.11 Å². The van der Waals surface area contributed by atoms with E-state index >= 15 is 0 Å². The molecule has 0 aromatic heterocycles. The number of Topliss-reactive ketones (excluding diaryl/α,β-unsaturated/α-hetero) is 1. The minimum atomic E-state index is -0.775. The van der Waals surface area contributed by atoms with Crippen LogP contribution in [0.25, 0.3) is 0 Å². The van der Waals surface area contributed by atoms with Gasteiger partial charge in [-0.15, -0.1) is 0 Å². The van der Waals surface area contributed by atoms with Crippen LogP contribution in [0.3, 0.4) is 0 Å². The van der Waals surface area contributed by atoms with E-state index in [0.29, 0.717) is 19.3 Å². The van der Waals surface area contributed by atoms with Crippen molar-refractivity contribution >= 4 is 11.8 Å². The van der Waals surface area contributed by atoms with Crippen LogP contribution < -0.4 is 0 Å². The number of carboxylic acid groups (broad SMARTS) is 1. The van der Waals surface area contributed by atoms with Crippen molar-refractivity contribution < 1.29 is 19.8 Å². The average molecular weight is 226 g/mol. The standard InChI is InChI=1S/C12H18O4/c13-10-8-7-9(12(10)16)5-3-1-2-4-6-11(14)15/h1,3,9-10,13H,2,4-8H2,(H,14,15)/b3-1-/t9-,10?/m1/s1. The van der Waals surface area contributed by atoms with Crippen molar-refractivity contribution in [2.75, 3.05) is 0 Å². The molecular weight excluding hydrogens is 208 g/mol. The number of carbonyl (C=O) groups is 2. The number of hydrogen-bond acceptors (Lipinski definition) is 3. The van der Waals surface area contributed by atoms with E-state index in [2.05, 4.69) is 0 Å². The van der Waals surface area contributed by atoms with Crippen molar-refractivity contribution in [2.24, 2.45) is 5.92 Å². The van der Waals surface area contributed by atoms with Crippen LogP contribution in [0.15, 0.2) is 12.2 Å². The fourth-order valence-electron chi connectivity index (χ4n) is 1.90.